The third kappa shape index (κ3) is 7.22. The fourth-order valence-electron chi connectivity index (χ4n) is 5.18. The molecule has 12 nitrogen and oxygen atoms in total. The molecule has 2 aliphatic rings. The zero-order valence-electron chi connectivity index (χ0n) is 26.2. The molecule has 234 valence electrons. The number of piperidine rings is 1. The Morgan fingerprint density at radius 2 is 1.84 bits per heavy atom. The number of hydrogen-bond acceptors (Lipinski definition) is 8. The first kappa shape index (κ1) is 31.1. The molecule has 1 saturated carbocycles. The van der Waals surface area contributed by atoms with Crippen LogP contribution in [0.4, 0.5) is 32.6 Å². The smallest absolute Gasteiger partial charge is 0.420 e. The third-order valence-electron chi connectivity index (χ3n) is 7.44. The van der Waals surface area contributed by atoms with Gasteiger partial charge >= 0.3 is 12.2 Å². The molecule has 1 aliphatic heterocycles. The van der Waals surface area contributed by atoms with E-state index < -0.39 is 29.5 Å². The normalized spacial score (nSPS) is 18.9. The molecule has 2 fully saturated rings. The number of benzene rings is 1. The van der Waals surface area contributed by atoms with Crippen molar-refractivity contribution >= 4 is 40.8 Å². The minimum Gasteiger partial charge on any atom is -0.444 e. The number of fused-ring (bicyclic) bond motifs is 1. The van der Waals surface area contributed by atoms with Crippen LogP contribution in [-0.2, 0) is 9.47 Å². The molecule has 0 spiro atoms. The average Bonchev–Trinajstić information content (AvgIpc) is 3.69. The Morgan fingerprint density at radius 1 is 1.11 bits per heavy atom. The predicted octanol–water partition coefficient (Wildman–Crippen LogP) is 6.26. The summed E-state index contributed by atoms with van der Waals surface area (Å²) in [5.41, 5.74) is 1.08. The van der Waals surface area contributed by atoms with Crippen molar-refractivity contribution in [3.05, 3.63) is 53.5 Å². The van der Waals surface area contributed by atoms with Crippen molar-refractivity contribution in [1.29, 1.82) is 0 Å². The highest BCUT2D eigenvalue weighted by Gasteiger charge is 2.34. The van der Waals surface area contributed by atoms with Crippen LogP contribution >= 0.6 is 0 Å². The van der Waals surface area contributed by atoms with E-state index >= 15 is 0 Å². The van der Waals surface area contributed by atoms with Crippen LogP contribution in [0.25, 0.3) is 10.5 Å². The molecule has 12 heteroatoms. The molecule has 0 bridgehead atoms. The Morgan fingerprint density at radius 3 is 2.48 bits per heavy atom. The predicted molar refractivity (Wildman–Crippen MR) is 166 cm³/mol. The number of β-amino-alcohol motifs (C(OH)–C–C–N with tert-alkyl or cyclic N) is 1. The van der Waals surface area contributed by atoms with Gasteiger partial charge in [0.05, 0.1) is 25.4 Å². The quantitative estimate of drug-likeness (QED) is 0.316. The topological polar surface area (TPSA) is 126 Å². The summed E-state index contributed by atoms with van der Waals surface area (Å²) in [5.74, 6) is 1.12. The van der Waals surface area contributed by atoms with Crippen LogP contribution in [-0.4, -0.2) is 73.7 Å². The van der Waals surface area contributed by atoms with E-state index in [9.17, 15) is 14.7 Å². The number of nitrogens with zero attached hydrogens (tertiary/aromatic N) is 6. The van der Waals surface area contributed by atoms with E-state index in [1.54, 1.807) is 66.7 Å². The number of carbonyl (C=O) groups is 2. The molecule has 2 aromatic heterocycles. The number of rotatable bonds is 6. The van der Waals surface area contributed by atoms with Gasteiger partial charge in [-0.1, -0.05) is 12.1 Å². The second-order valence-electron chi connectivity index (χ2n) is 13.5. The van der Waals surface area contributed by atoms with E-state index in [4.69, 9.17) is 21.0 Å². The van der Waals surface area contributed by atoms with Crippen LogP contribution in [0.15, 0.2) is 36.5 Å². The number of aromatic nitrogens is 3. The highest BCUT2D eigenvalue weighted by atomic mass is 16.6. The molecule has 2 amide bonds. The molecule has 1 saturated heterocycles. The lowest BCUT2D eigenvalue weighted by Gasteiger charge is -2.36. The number of aliphatic hydroxyl groups excluding tert-OH is 1. The Hall–Kier alpha value is -4.37. The van der Waals surface area contributed by atoms with Gasteiger partial charge in [-0.05, 0) is 78.9 Å². The first-order chi connectivity index (χ1) is 20.7. The summed E-state index contributed by atoms with van der Waals surface area (Å²) in [5, 5.41) is 18.9. The van der Waals surface area contributed by atoms with Crippen LogP contribution in [0.1, 0.15) is 72.3 Å². The fraction of sp³-hybridized carbons (Fsp3) is 0.531. The number of ether oxygens (including phenoxy) is 2. The van der Waals surface area contributed by atoms with Crippen LogP contribution in [0.3, 0.4) is 0 Å². The molecule has 0 unspecified atom stereocenters. The van der Waals surface area contributed by atoms with Crippen LogP contribution in [0.5, 0.6) is 0 Å². The van der Waals surface area contributed by atoms with E-state index in [0.717, 1.165) is 18.4 Å². The van der Waals surface area contributed by atoms with Gasteiger partial charge in [-0.25, -0.2) is 24.3 Å². The first-order valence-corrected chi connectivity index (χ1v) is 15.0. The van der Waals surface area contributed by atoms with Crippen molar-refractivity contribution in [1.82, 2.24) is 19.5 Å². The van der Waals surface area contributed by atoms with Gasteiger partial charge < -0.3 is 24.8 Å². The van der Waals surface area contributed by atoms with Crippen molar-refractivity contribution in [2.24, 2.45) is 5.92 Å². The van der Waals surface area contributed by atoms with E-state index in [1.165, 1.54) is 4.90 Å². The molecule has 5 rings (SSSR count). The summed E-state index contributed by atoms with van der Waals surface area (Å²) in [7, 11) is 0. The van der Waals surface area contributed by atoms with Crippen molar-refractivity contribution in [2.75, 3.05) is 29.9 Å². The van der Waals surface area contributed by atoms with Gasteiger partial charge in [0.1, 0.15) is 22.8 Å². The maximum Gasteiger partial charge on any atom is 0.420 e. The maximum absolute atomic E-state index is 13.8. The van der Waals surface area contributed by atoms with Gasteiger partial charge in [0, 0.05) is 36.3 Å². The van der Waals surface area contributed by atoms with Gasteiger partial charge in [0.25, 0.3) is 0 Å². The lowest BCUT2D eigenvalue weighted by Crippen LogP contribution is -2.49. The Kier molecular flexibility index (Phi) is 8.44. The highest BCUT2D eigenvalue weighted by Crippen LogP contribution is 2.43. The number of aliphatic hydroxyl groups is 1. The monoisotopic (exact) mass is 603 g/mol. The van der Waals surface area contributed by atoms with E-state index in [2.05, 4.69) is 15.3 Å². The van der Waals surface area contributed by atoms with E-state index in [-0.39, 0.29) is 12.5 Å². The van der Waals surface area contributed by atoms with Crippen LogP contribution in [0, 0.1) is 12.5 Å². The molecule has 1 aliphatic carbocycles. The molecular weight excluding hydrogens is 562 g/mol. The average molecular weight is 604 g/mol. The number of likely N-dealkylation sites (tertiary alicyclic amines) is 1. The van der Waals surface area contributed by atoms with Gasteiger partial charge in [-0.15, -0.1) is 0 Å². The lowest BCUT2D eigenvalue weighted by atomic mass is 9.94. The summed E-state index contributed by atoms with van der Waals surface area (Å²) in [6.45, 7) is 19.4. The zero-order valence-corrected chi connectivity index (χ0v) is 26.2. The van der Waals surface area contributed by atoms with Crippen molar-refractivity contribution in [2.45, 2.75) is 84.0 Å². The van der Waals surface area contributed by atoms with Crippen LogP contribution < -0.4 is 10.2 Å². The standard InChI is InChI=1S/C32H41N7O5/c1-31(2,3)43-29(41)37-14-13-21(25(40)19-37)17-34-26-16-27(39-28(36-26)24(18-35-39)20-11-12-20)38(30(42)44-32(4,5)6)23-10-8-9-22(15-23)33-7/h8-10,15-16,18,20-21,25,40H,11-14,17,19H2,1-6H3,(H,34,36)/t21-,25+/m0/s1. The third-order valence-corrected chi connectivity index (χ3v) is 7.44. The molecule has 44 heavy (non-hydrogen) atoms. The summed E-state index contributed by atoms with van der Waals surface area (Å²) in [6.07, 6.45) is 2.66. The van der Waals surface area contributed by atoms with Crippen LogP contribution in [0.2, 0.25) is 0 Å². The summed E-state index contributed by atoms with van der Waals surface area (Å²) in [6, 6.07) is 8.51. The van der Waals surface area contributed by atoms with Gasteiger partial charge in [0.2, 0.25) is 0 Å². The number of hydrogen-bond donors (Lipinski definition) is 2. The number of carbonyl (C=O) groups excluding carboxylic acids is 2. The second-order valence-corrected chi connectivity index (χ2v) is 13.5. The minimum absolute atomic E-state index is 0.139. The van der Waals surface area contributed by atoms with E-state index in [1.807, 2.05) is 20.8 Å². The van der Waals surface area contributed by atoms with Crippen molar-refractivity contribution in [3.63, 3.8) is 0 Å². The maximum atomic E-state index is 13.8. The highest BCUT2D eigenvalue weighted by molar-refractivity contribution is 5.96. The SMILES string of the molecule is [C-]#[N+]c1cccc(N(C(=O)OC(C)(C)C)c2cc(NC[C@@H]3CCN(C(=O)OC(C)(C)C)C[C@H]3O)nc3c(C4CC4)cnn23)c1. The van der Waals surface area contributed by atoms with E-state index in [0.29, 0.717) is 54.1 Å². The first-order valence-electron chi connectivity index (χ1n) is 15.0. The second kappa shape index (κ2) is 12.0. The Bertz CT molecular complexity index is 1580. The molecule has 2 N–H and O–H groups in total. The molecule has 2 atom stereocenters. The number of nitrogens with one attached hydrogen (secondary N) is 1. The number of amides is 2. The lowest BCUT2D eigenvalue weighted by molar-refractivity contribution is -0.0104. The van der Waals surface area contributed by atoms with Gasteiger partial charge in [-0.2, -0.15) is 9.61 Å². The zero-order chi connectivity index (χ0) is 31.8. The molecular formula is C32H41N7O5. The van der Waals surface area contributed by atoms with Gasteiger partial charge in [0.15, 0.2) is 11.3 Å². The van der Waals surface area contributed by atoms with Crippen molar-refractivity contribution < 1.29 is 24.2 Å². The molecule has 3 aromatic rings. The van der Waals surface area contributed by atoms with Crippen molar-refractivity contribution in [3.8, 4) is 0 Å². The fourth-order valence-corrected chi connectivity index (χ4v) is 5.18. The summed E-state index contributed by atoms with van der Waals surface area (Å²) >= 11 is 0. The summed E-state index contributed by atoms with van der Waals surface area (Å²) < 4.78 is 12.9. The molecule has 1 aromatic carbocycles. The number of anilines is 3. The molecule has 3 heterocycles. The van der Waals surface area contributed by atoms with Gasteiger partial charge in [-0.3, -0.25) is 0 Å². The molecule has 0 radical (unpaired) electrons. The minimum atomic E-state index is -0.770. The Balaban J connectivity index is 1.46. The largest absolute Gasteiger partial charge is 0.444 e. The Labute approximate surface area is 257 Å². The summed E-state index contributed by atoms with van der Waals surface area (Å²) in [4.78, 5) is 37.7.